The highest BCUT2D eigenvalue weighted by atomic mass is 16.1. The number of hydrogen-bond donors (Lipinski definition) is 1. The van der Waals surface area contributed by atoms with Crippen LogP contribution in [0.3, 0.4) is 0 Å². The number of aromatic nitrogens is 3. The second-order valence-electron chi connectivity index (χ2n) is 5.34. The Morgan fingerprint density at radius 2 is 2.11 bits per heavy atom. The standard InChI is InChI=1S/C14H22N4O/c1-11(2)4-5-15-6-7-17-8-9-18-13(14(17)19)10-12(3)16-18/h8-11,15H,4-7H2,1-3H3. The third kappa shape index (κ3) is 3.44. The van der Waals surface area contributed by atoms with E-state index in [0.29, 0.717) is 18.0 Å². The lowest BCUT2D eigenvalue weighted by atomic mass is 10.1. The minimum atomic E-state index is 0.0220. The highest BCUT2D eigenvalue weighted by Crippen LogP contribution is 2.00. The van der Waals surface area contributed by atoms with Crippen molar-refractivity contribution in [2.75, 3.05) is 13.1 Å². The Morgan fingerprint density at radius 3 is 2.84 bits per heavy atom. The molecule has 2 rings (SSSR count). The smallest absolute Gasteiger partial charge is 0.276 e. The summed E-state index contributed by atoms with van der Waals surface area (Å²) in [5.41, 5.74) is 1.53. The zero-order valence-electron chi connectivity index (χ0n) is 11.9. The van der Waals surface area contributed by atoms with Gasteiger partial charge in [-0.3, -0.25) is 4.79 Å². The minimum absolute atomic E-state index is 0.0220. The quantitative estimate of drug-likeness (QED) is 0.801. The van der Waals surface area contributed by atoms with E-state index in [-0.39, 0.29) is 5.56 Å². The van der Waals surface area contributed by atoms with Gasteiger partial charge in [-0.25, -0.2) is 4.52 Å². The summed E-state index contributed by atoms with van der Waals surface area (Å²) in [5, 5.41) is 7.60. The molecule has 2 aromatic rings. The van der Waals surface area contributed by atoms with Crippen LogP contribution in [0.1, 0.15) is 26.0 Å². The Bertz CT molecular complexity index is 597. The van der Waals surface area contributed by atoms with E-state index in [1.807, 2.05) is 19.2 Å². The van der Waals surface area contributed by atoms with Gasteiger partial charge in [0.15, 0.2) is 0 Å². The van der Waals surface area contributed by atoms with Crippen molar-refractivity contribution in [3.63, 3.8) is 0 Å². The summed E-state index contributed by atoms with van der Waals surface area (Å²) < 4.78 is 3.37. The molecule has 0 aromatic carbocycles. The fourth-order valence-corrected chi connectivity index (χ4v) is 2.04. The first-order chi connectivity index (χ1) is 9.08. The van der Waals surface area contributed by atoms with Crippen LogP contribution in [0.4, 0.5) is 0 Å². The fraction of sp³-hybridized carbons (Fsp3) is 0.571. The molecule has 0 saturated carbocycles. The van der Waals surface area contributed by atoms with Crippen molar-refractivity contribution in [2.45, 2.75) is 33.7 Å². The molecule has 0 aliphatic carbocycles. The molecule has 19 heavy (non-hydrogen) atoms. The molecule has 104 valence electrons. The van der Waals surface area contributed by atoms with Crippen molar-refractivity contribution in [1.29, 1.82) is 0 Å². The molecular weight excluding hydrogens is 240 g/mol. The number of rotatable bonds is 6. The fourth-order valence-electron chi connectivity index (χ4n) is 2.04. The van der Waals surface area contributed by atoms with Crippen molar-refractivity contribution in [2.24, 2.45) is 5.92 Å². The highest BCUT2D eigenvalue weighted by molar-refractivity contribution is 5.44. The number of fused-ring (bicyclic) bond motifs is 1. The third-order valence-electron chi connectivity index (χ3n) is 3.15. The number of hydrogen-bond acceptors (Lipinski definition) is 3. The van der Waals surface area contributed by atoms with Crippen LogP contribution in [0.15, 0.2) is 23.3 Å². The maximum absolute atomic E-state index is 12.2. The van der Waals surface area contributed by atoms with Gasteiger partial charge < -0.3 is 9.88 Å². The number of aryl methyl sites for hydroxylation is 1. The second kappa shape index (κ2) is 6.02. The summed E-state index contributed by atoms with van der Waals surface area (Å²) >= 11 is 0. The largest absolute Gasteiger partial charge is 0.315 e. The molecule has 0 aliphatic heterocycles. The molecule has 5 nitrogen and oxygen atoms in total. The van der Waals surface area contributed by atoms with Gasteiger partial charge in [0.2, 0.25) is 0 Å². The summed E-state index contributed by atoms with van der Waals surface area (Å²) in [6, 6.07) is 1.82. The second-order valence-corrected chi connectivity index (χ2v) is 5.34. The van der Waals surface area contributed by atoms with Crippen molar-refractivity contribution >= 4 is 5.52 Å². The monoisotopic (exact) mass is 262 g/mol. The molecule has 0 spiro atoms. The number of nitrogens with zero attached hydrogens (tertiary/aromatic N) is 3. The molecule has 0 amide bonds. The molecule has 2 aromatic heterocycles. The summed E-state index contributed by atoms with van der Waals surface area (Å²) in [5.74, 6) is 0.710. The molecule has 0 bridgehead atoms. The van der Waals surface area contributed by atoms with Gasteiger partial charge >= 0.3 is 0 Å². The van der Waals surface area contributed by atoms with Crippen LogP contribution in [0, 0.1) is 12.8 Å². The summed E-state index contributed by atoms with van der Waals surface area (Å²) in [7, 11) is 0. The van der Waals surface area contributed by atoms with Crippen LogP contribution in [-0.4, -0.2) is 27.3 Å². The predicted molar refractivity (Wildman–Crippen MR) is 76.5 cm³/mol. The van der Waals surface area contributed by atoms with Crippen LogP contribution in [0.5, 0.6) is 0 Å². The molecule has 0 aliphatic rings. The maximum atomic E-state index is 12.2. The summed E-state index contributed by atoms with van der Waals surface area (Å²) in [6.07, 6.45) is 4.79. The topological polar surface area (TPSA) is 51.3 Å². The Labute approximate surface area is 113 Å². The molecule has 0 saturated heterocycles. The van der Waals surface area contributed by atoms with Crippen LogP contribution >= 0.6 is 0 Å². The van der Waals surface area contributed by atoms with Gasteiger partial charge in [0, 0.05) is 25.5 Å². The van der Waals surface area contributed by atoms with Crippen LogP contribution in [0.2, 0.25) is 0 Å². The molecular formula is C14H22N4O. The first-order valence-electron chi connectivity index (χ1n) is 6.84. The van der Waals surface area contributed by atoms with Gasteiger partial charge in [-0.15, -0.1) is 0 Å². The van der Waals surface area contributed by atoms with E-state index < -0.39 is 0 Å². The molecule has 0 fully saturated rings. The normalized spacial score (nSPS) is 11.6. The zero-order chi connectivity index (χ0) is 13.8. The van der Waals surface area contributed by atoms with E-state index in [1.165, 1.54) is 0 Å². The zero-order valence-corrected chi connectivity index (χ0v) is 11.9. The third-order valence-corrected chi connectivity index (χ3v) is 3.15. The van der Waals surface area contributed by atoms with E-state index in [1.54, 1.807) is 15.3 Å². The van der Waals surface area contributed by atoms with Gasteiger partial charge in [0.25, 0.3) is 5.56 Å². The first-order valence-corrected chi connectivity index (χ1v) is 6.84. The van der Waals surface area contributed by atoms with E-state index in [2.05, 4.69) is 24.3 Å². The van der Waals surface area contributed by atoms with E-state index in [4.69, 9.17) is 0 Å². The lowest BCUT2D eigenvalue weighted by molar-refractivity contribution is 0.515. The average molecular weight is 262 g/mol. The van der Waals surface area contributed by atoms with Gasteiger partial charge in [0.1, 0.15) is 5.52 Å². The maximum Gasteiger partial charge on any atom is 0.276 e. The highest BCUT2D eigenvalue weighted by Gasteiger charge is 2.04. The molecule has 0 atom stereocenters. The number of nitrogens with one attached hydrogen (secondary N) is 1. The molecule has 0 radical (unpaired) electrons. The van der Waals surface area contributed by atoms with E-state index >= 15 is 0 Å². The van der Waals surface area contributed by atoms with Crippen molar-refractivity contribution in [1.82, 2.24) is 19.5 Å². The van der Waals surface area contributed by atoms with Crippen LogP contribution in [0.25, 0.3) is 5.52 Å². The minimum Gasteiger partial charge on any atom is -0.315 e. The first kappa shape index (κ1) is 13.8. The molecule has 0 unspecified atom stereocenters. The lowest BCUT2D eigenvalue weighted by Gasteiger charge is -2.08. The Morgan fingerprint density at radius 1 is 1.32 bits per heavy atom. The Balaban J connectivity index is 1.97. The van der Waals surface area contributed by atoms with Gasteiger partial charge in [-0.05, 0) is 31.9 Å². The van der Waals surface area contributed by atoms with Gasteiger partial charge in [-0.1, -0.05) is 13.8 Å². The SMILES string of the molecule is Cc1cc2c(=O)n(CCNCCC(C)C)ccn2n1. The predicted octanol–water partition coefficient (Wildman–Crippen LogP) is 1.44. The Hall–Kier alpha value is -1.62. The van der Waals surface area contributed by atoms with Gasteiger partial charge in [-0.2, -0.15) is 5.10 Å². The molecule has 1 N–H and O–H groups in total. The van der Waals surface area contributed by atoms with E-state index in [0.717, 1.165) is 25.2 Å². The van der Waals surface area contributed by atoms with Crippen LogP contribution in [-0.2, 0) is 6.54 Å². The molecule has 5 heteroatoms. The molecule has 2 heterocycles. The van der Waals surface area contributed by atoms with Crippen LogP contribution < -0.4 is 10.9 Å². The van der Waals surface area contributed by atoms with E-state index in [9.17, 15) is 4.79 Å². The van der Waals surface area contributed by atoms with Crippen molar-refractivity contribution < 1.29 is 0 Å². The van der Waals surface area contributed by atoms with Crippen molar-refractivity contribution in [3.8, 4) is 0 Å². The average Bonchev–Trinajstić information content (AvgIpc) is 2.73. The summed E-state index contributed by atoms with van der Waals surface area (Å²) in [4.78, 5) is 12.2. The lowest BCUT2D eigenvalue weighted by Crippen LogP contribution is -2.28. The Kier molecular flexibility index (Phi) is 4.37. The van der Waals surface area contributed by atoms with Gasteiger partial charge in [0.05, 0.1) is 5.69 Å². The van der Waals surface area contributed by atoms with Crippen molar-refractivity contribution in [3.05, 3.63) is 34.5 Å². The summed E-state index contributed by atoms with van der Waals surface area (Å²) in [6.45, 7) is 8.82.